The highest BCUT2D eigenvalue weighted by Crippen LogP contribution is 2.30. The van der Waals surface area contributed by atoms with E-state index in [1.165, 1.54) is 0 Å². The summed E-state index contributed by atoms with van der Waals surface area (Å²) in [6, 6.07) is 5.90. The van der Waals surface area contributed by atoms with Crippen molar-refractivity contribution >= 4 is 11.6 Å². The molecule has 1 aromatic rings. The number of benzene rings is 1. The molecule has 0 aromatic heterocycles. The van der Waals surface area contributed by atoms with Crippen LogP contribution in [-0.2, 0) is 6.42 Å². The van der Waals surface area contributed by atoms with Crippen LogP contribution in [-0.4, -0.2) is 7.11 Å². The van der Waals surface area contributed by atoms with Crippen LogP contribution in [0.1, 0.15) is 17.5 Å². The molecule has 0 unspecified atom stereocenters. The highest BCUT2D eigenvalue weighted by Gasteiger charge is 2.09. The van der Waals surface area contributed by atoms with E-state index in [1.807, 2.05) is 19.1 Å². The molecular weight excluding hydrogens is 198 g/mol. The third-order valence-corrected chi connectivity index (χ3v) is 2.63. The van der Waals surface area contributed by atoms with E-state index in [9.17, 15) is 0 Å². The van der Waals surface area contributed by atoms with Gasteiger partial charge in [0, 0.05) is 12.0 Å². The average molecular weight is 210 g/mol. The maximum absolute atomic E-state index is 8.52. The Labute approximate surface area is 89.1 Å². The largest absolute Gasteiger partial charge is 0.496 e. The van der Waals surface area contributed by atoms with Gasteiger partial charge in [-0.05, 0) is 25.0 Å². The lowest BCUT2D eigenvalue weighted by Gasteiger charge is -2.10. The Hall–Kier alpha value is -1.20. The number of rotatable bonds is 3. The second kappa shape index (κ2) is 4.88. The Morgan fingerprint density at radius 3 is 2.79 bits per heavy atom. The first-order valence-corrected chi connectivity index (χ1v) is 4.77. The van der Waals surface area contributed by atoms with E-state index in [1.54, 1.807) is 7.11 Å². The third-order valence-electron chi connectivity index (χ3n) is 2.10. The quantitative estimate of drug-likeness (QED) is 0.767. The fraction of sp³-hybridized carbons (Fsp3) is 0.364. The van der Waals surface area contributed by atoms with E-state index in [0.717, 1.165) is 16.9 Å². The summed E-state index contributed by atoms with van der Waals surface area (Å²) in [5, 5.41) is 9.23. The Morgan fingerprint density at radius 1 is 1.50 bits per heavy atom. The molecule has 3 heteroatoms. The van der Waals surface area contributed by atoms with Crippen LogP contribution in [0, 0.1) is 18.3 Å². The van der Waals surface area contributed by atoms with E-state index in [4.69, 9.17) is 21.6 Å². The van der Waals surface area contributed by atoms with Crippen LogP contribution in [0.2, 0.25) is 5.02 Å². The topological polar surface area (TPSA) is 33.0 Å². The molecule has 0 N–H and O–H groups in total. The molecule has 0 saturated heterocycles. The van der Waals surface area contributed by atoms with Crippen molar-refractivity contribution in [2.45, 2.75) is 19.8 Å². The second-order valence-electron chi connectivity index (χ2n) is 3.04. The molecular formula is C11H12ClNO. The molecule has 0 amide bonds. The Kier molecular flexibility index (Phi) is 3.79. The summed E-state index contributed by atoms with van der Waals surface area (Å²) in [7, 11) is 1.61. The number of nitriles is 1. The minimum Gasteiger partial charge on any atom is -0.496 e. The number of ether oxygens (including phenoxy) is 1. The van der Waals surface area contributed by atoms with E-state index in [-0.39, 0.29) is 0 Å². The van der Waals surface area contributed by atoms with Crippen molar-refractivity contribution in [1.29, 1.82) is 5.26 Å². The Balaban J connectivity index is 3.09. The molecule has 0 aliphatic rings. The maximum atomic E-state index is 8.52. The summed E-state index contributed by atoms with van der Waals surface area (Å²) in [6.45, 7) is 1.94. The van der Waals surface area contributed by atoms with Crippen molar-refractivity contribution in [3.05, 3.63) is 28.3 Å². The van der Waals surface area contributed by atoms with Gasteiger partial charge in [0.15, 0.2) is 0 Å². The first kappa shape index (κ1) is 10.9. The van der Waals surface area contributed by atoms with Crippen LogP contribution >= 0.6 is 11.6 Å². The van der Waals surface area contributed by atoms with Gasteiger partial charge in [-0.25, -0.2) is 0 Å². The standard InChI is InChI=1S/C11H12ClNO/c1-8-5-6-10(14-2)9(11(8)12)4-3-7-13/h5-6H,3-4H2,1-2H3. The highest BCUT2D eigenvalue weighted by molar-refractivity contribution is 6.32. The van der Waals surface area contributed by atoms with Gasteiger partial charge in [-0.3, -0.25) is 0 Å². The number of hydrogen-bond acceptors (Lipinski definition) is 2. The maximum Gasteiger partial charge on any atom is 0.123 e. The lowest BCUT2D eigenvalue weighted by atomic mass is 10.1. The SMILES string of the molecule is COc1ccc(C)c(Cl)c1CCC#N. The van der Waals surface area contributed by atoms with Crippen molar-refractivity contribution in [2.75, 3.05) is 7.11 Å². The van der Waals surface area contributed by atoms with Crippen LogP contribution in [0.25, 0.3) is 0 Å². The highest BCUT2D eigenvalue weighted by atomic mass is 35.5. The zero-order chi connectivity index (χ0) is 10.6. The molecule has 0 fully saturated rings. The van der Waals surface area contributed by atoms with Crippen LogP contribution in [0.3, 0.4) is 0 Å². The molecule has 0 atom stereocenters. The fourth-order valence-electron chi connectivity index (χ4n) is 1.33. The van der Waals surface area contributed by atoms with Gasteiger partial charge in [0.2, 0.25) is 0 Å². The number of halogens is 1. The van der Waals surface area contributed by atoms with E-state index in [0.29, 0.717) is 17.9 Å². The first-order chi connectivity index (χ1) is 6.70. The molecule has 0 aliphatic heterocycles. The number of aryl methyl sites for hydroxylation is 1. The first-order valence-electron chi connectivity index (χ1n) is 4.39. The molecule has 0 radical (unpaired) electrons. The lowest BCUT2D eigenvalue weighted by Crippen LogP contribution is -1.94. The van der Waals surface area contributed by atoms with Crippen molar-refractivity contribution in [2.24, 2.45) is 0 Å². The van der Waals surface area contributed by atoms with Gasteiger partial charge >= 0.3 is 0 Å². The van der Waals surface area contributed by atoms with Gasteiger partial charge in [-0.2, -0.15) is 5.26 Å². The summed E-state index contributed by atoms with van der Waals surface area (Å²) >= 11 is 6.12. The summed E-state index contributed by atoms with van der Waals surface area (Å²) in [4.78, 5) is 0. The molecule has 14 heavy (non-hydrogen) atoms. The van der Waals surface area contributed by atoms with Crippen LogP contribution < -0.4 is 4.74 Å². The minimum atomic E-state index is 0.458. The van der Waals surface area contributed by atoms with Gasteiger partial charge in [0.1, 0.15) is 5.75 Å². The van der Waals surface area contributed by atoms with Crippen molar-refractivity contribution < 1.29 is 4.74 Å². The lowest BCUT2D eigenvalue weighted by molar-refractivity contribution is 0.409. The molecule has 1 aromatic carbocycles. The normalized spacial score (nSPS) is 9.57. The molecule has 0 bridgehead atoms. The fourth-order valence-corrected chi connectivity index (χ4v) is 1.58. The van der Waals surface area contributed by atoms with Crippen LogP contribution in [0.4, 0.5) is 0 Å². The summed E-state index contributed by atoms with van der Waals surface area (Å²) < 4.78 is 5.18. The van der Waals surface area contributed by atoms with Gasteiger partial charge in [-0.15, -0.1) is 0 Å². The summed E-state index contributed by atoms with van der Waals surface area (Å²) in [5.74, 6) is 0.760. The predicted molar refractivity (Wildman–Crippen MR) is 56.7 cm³/mol. The van der Waals surface area contributed by atoms with Gasteiger partial charge in [0.05, 0.1) is 18.2 Å². The zero-order valence-corrected chi connectivity index (χ0v) is 9.06. The Morgan fingerprint density at radius 2 is 2.21 bits per heavy atom. The van der Waals surface area contributed by atoms with E-state index >= 15 is 0 Å². The molecule has 74 valence electrons. The zero-order valence-electron chi connectivity index (χ0n) is 8.30. The molecule has 0 spiro atoms. The summed E-state index contributed by atoms with van der Waals surface area (Å²) in [6.07, 6.45) is 1.10. The minimum absolute atomic E-state index is 0.458. The molecule has 1 rings (SSSR count). The number of hydrogen-bond donors (Lipinski definition) is 0. The smallest absolute Gasteiger partial charge is 0.123 e. The van der Waals surface area contributed by atoms with Crippen molar-refractivity contribution in [3.8, 4) is 11.8 Å². The Bertz CT molecular complexity index is 368. The molecule has 0 heterocycles. The summed E-state index contributed by atoms with van der Waals surface area (Å²) in [5.41, 5.74) is 1.94. The average Bonchev–Trinajstić information content (AvgIpc) is 2.20. The van der Waals surface area contributed by atoms with Crippen molar-refractivity contribution in [1.82, 2.24) is 0 Å². The van der Waals surface area contributed by atoms with Crippen LogP contribution in [0.15, 0.2) is 12.1 Å². The second-order valence-corrected chi connectivity index (χ2v) is 3.41. The van der Waals surface area contributed by atoms with Gasteiger partial charge < -0.3 is 4.74 Å². The van der Waals surface area contributed by atoms with Gasteiger partial charge in [-0.1, -0.05) is 17.7 Å². The van der Waals surface area contributed by atoms with Gasteiger partial charge in [0.25, 0.3) is 0 Å². The molecule has 2 nitrogen and oxygen atoms in total. The number of nitrogens with zero attached hydrogens (tertiary/aromatic N) is 1. The van der Waals surface area contributed by atoms with Crippen LogP contribution in [0.5, 0.6) is 5.75 Å². The third kappa shape index (κ3) is 2.18. The molecule has 0 aliphatic carbocycles. The number of methoxy groups -OCH3 is 1. The monoisotopic (exact) mass is 209 g/mol. The predicted octanol–water partition coefficient (Wildman–Crippen LogP) is 3.11. The van der Waals surface area contributed by atoms with Crippen molar-refractivity contribution in [3.63, 3.8) is 0 Å². The molecule has 0 saturated carbocycles. The van der Waals surface area contributed by atoms with E-state index in [2.05, 4.69) is 6.07 Å². The van der Waals surface area contributed by atoms with E-state index < -0.39 is 0 Å².